The van der Waals surface area contributed by atoms with Crippen LogP contribution >= 0.6 is 11.8 Å². The van der Waals surface area contributed by atoms with Crippen molar-refractivity contribution >= 4 is 17.7 Å². The summed E-state index contributed by atoms with van der Waals surface area (Å²) in [5, 5.41) is 15.6. The van der Waals surface area contributed by atoms with Crippen LogP contribution in [0.25, 0.3) is 5.69 Å². The second-order valence-electron chi connectivity index (χ2n) is 7.42. The zero-order chi connectivity index (χ0) is 20.1. The maximum absolute atomic E-state index is 12.4. The maximum Gasteiger partial charge on any atom is 0.230 e. The summed E-state index contributed by atoms with van der Waals surface area (Å²) < 4.78 is 1.67. The van der Waals surface area contributed by atoms with Crippen LogP contribution in [-0.4, -0.2) is 51.0 Å². The first-order valence-corrected chi connectivity index (χ1v) is 10.8. The molecule has 1 saturated heterocycles. The molecule has 0 radical (unpaired) electrons. The molecule has 8 heteroatoms. The summed E-state index contributed by atoms with van der Waals surface area (Å²) in [5.41, 5.74) is 3.41. The van der Waals surface area contributed by atoms with E-state index in [1.165, 1.54) is 27.8 Å². The fourth-order valence-electron chi connectivity index (χ4n) is 3.62. The van der Waals surface area contributed by atoms with E-state index in [9.17, 15) is 4.79 Å². The molecule has 1 unspecified atom stereocenters. The molecule has 2 heterocycles. The number of thioether (sulfide) groups is 1. The summed E-state index contributed by atoms with van der Waals surface area (Å²) in [6, 6.07) is 18.7. The molecule has 4 rings (SSSR count). The molecule has 7 nitrogen and oxygen atoms in total. The molecule has 0 saturated carbocycles. The van der Waals surface area contributed by atoms with Crippen LogP contribution in [0.2, 0.25) is 0 Å². The number of nitrogens with one attached hydrogen (secondary N) is 2. The first-order chi connectivity index (χ1) is 14.2. The third-order valence-electron chi connectivity index (χ3n) is 5.10. The number of carbonyl (C=O) groups excluding carboxylic acids is 1. The van der Waals surface area contributed by atoms with E-state index in [1.807, 2.05) is 37.3 Å². The molecule has 2 N–H and O–H groups in total. The average molecular weight is 410 g/mol. The summed E-state index contributed by atoms with van der Waals surface area (Å²) in [6.45, 7) is 5.09. The average Bonchev–Trinajstić information content (AvgIpc) is 3.37. The molecule has 2 aromatic carbocycles. The Kier molecular flexibility index (Phi) is 6.21. The smallest absolute Gasteiger partial charge is 0.230 e. The van der Waals surface area contributed by atoms with E-state index >= 15 is 0 Å². The molecule has 150 valence electrons. The molecule has 29 heavy (non-hydrogen) atoms. The van der Waals surface area contributed by atoms with Gasteiger partial charge in [-0.2, -0.15) is 4.68 Å². The minimum Gasteiger partial charge on any atom is -0.347 e. The number of carbonyl (C=O) groups is 1. The molecular weight excluding hydrogens is 384 g/mol. The molecule has 1 fully saturated rings. The second-order valence-corrected chi connectivity index (χ2v) is 8.36. The minimum absolute atomic E-state index is 0.0272. The van der Waals surface area contributed by atoms with Crippen molar-refractivity contribution < 1.29 is 9.69 Å². The highest BCUT2D eigenvalue weighted by atomic mass is 32.2. The molecule has 0 aliphatic carbocycles. The van der Waals surface area contributed by atoms with Gasteiger partial charge in [0.05, 0.1) is 30.6 Å². The topological polar surface area (TPSA) is 77.1 Å². The van der Waals surface area contributed by atoms with Crippen molar-refractivity contribution in [3.8, 4) is 5.69 Å². The maximum atomic E-state index is 12.4. The van der Waals surface area contributed by atoms with Gasteiger partial charge in [-0.3, -0.25) is 4.79 Å². The predicted molar refractivity (Wildman–Crippen MR) is 112 cm³/mol. The van der Waals surface area contributed by atoms with Gasteiger partial charge >= 0.3 is 0 Å². The second kappa shape index (κ2) is 9.19. The number of aromatic nitrogens is 4. The first kappa shape index (κ1) is 19.6. The number of nitrogens with zero attached hydrogens (tertiary/aromatic N) is 4. The van der Waals surface area contributed by atoms with Gasteiger partial charge in [0.15, 0.2) is 0 Å². The van der Waals surface area contributed by atoms with E-state index in [4.69, 9.17) is 0 Å². The Morgan fingerprint density at radius 3 is 2.79 bits per heavy atom. The largest absolute Gasteiger partial charge is 0.347 e. The third-order valence-corrected chi connectivity index (χ3v) is 6.01. The van der Waals surface area contributed by atoms with Gasteiger partial charge in [-0.05, 0) is 29.5 Å². The zero-order valence-corrected chi connectivity index (χ0v) is 17.2. The molecule has 0 spiro atoms. The number of hydrogen-bond donors (Lipinski definition) is 2. The Morgan fingerprint density at radius 1 is 1.21 bits per heavy atom. The Labute approximate surface area is 174 Å². The van der Waals surface area contributed by atoms with Gasteiger partial charge < -0.3 is 10.2 Å². The number of hydrogen-bond acceptors (Lipinski definition) is 5. The quantitative estimate of drug-likeness (QED) is 0.570. The van der Waals surface area contributed by atoms with Crippen molar-refractivity contribution in [1.82, 2.24) is 25.5 Å². The molecule has 1 aliphatic rings. The highest BCUT2D eigenvalue weighted by Crippen LogP contribution is 2.18. The minimum atomic E-state index is 0.0272. The number of tetrazole rings is 1. The lowest BCUT2D eigenvalue weighted by molar-refractivity contribution is -0.901. The van der Waals surface area contributed by atoms with Crippen molar-refractivity contribution in [3.05, 3.63) is 65.7 Å². The zero-order valence-electron chi connectivity index (χ0n) is 16.4. The molecule has 0 bridgehead atoms. The van der Waals surface area contributed by atoms with Crippen LogP contribution in [0.3, 0.4) is 0 Å². The van der Waals surface area contributed by atoms with Crippen LogP contribution in [0.4, 0.5) is 0 Å². The molecule has 3 aromatic rings. The third kappa shape index (κ3) is 5.21. The van der Waals surface area contributed by atoms with E-state index in [1.54, 1.807) is 4.68 Å². The van der Waals surface area contributed by atoms with Gasteiger partial charge in [-0.1, -0.05) is 59.8 Å². The van der Waals surface area contributed by atoms with Crippen molar-refractivity contribution in [2.45, 2.75) is 31.1 Å². The number of amides is 1. The molecule has 1 aromatic heterocycles. The molecular formula is C21H25N6OS+. The fraction of sp³-hybridized carbons (Fsp3) is 0.333. The van der Waals surface area contributed by atoms with E-state index in [-0.39, 0.29) is 11.9 Å². The van der Waals surface area contributed by atoms with Crippen LogP contribution in [0.15, 0.2) is 59.8 Å². The van der Waals surface area contributed by atoms with Crippen molar-refractivity contribution in [2.24, 2.45) is 0 Å². The predicted octanol–water partition coefficient (Wildman–Crippen LogP) is 1.04. The normalized spacial score (nSPS) is 18.7. The monoisotopic (exact) mass is 409 g/mol. The first-order valence-electron chi connectivity index (χ1n) is 9.82. The lowest BCUT2D eigenvalue weighted by Gasteiger charge is -2.14. The highest BCUT2D eigenvalue weighted by molar-refractivity contribution is 7.99. The van der Waals surface area contributed by atoms with Crippen LogP contribution in [0, 0.1) is 6.92 Å². The summed E-state index contributed by atoms with van der Waals surface area (Å²) in [7, 11) is 0. The Hall–Kier alpha value is -2.71. The van der Waals surface area contributed by atoms with Gasteiger partial charge in [0.25, 0.3) is 0 Å². The van der Waals surface area contributed by atoms with E-state index in [0.29, 0.717) is 10.9 Å². The lowest BCUT2D eigenvalue weighted by atomic mass is 10.2. The summed E-state index contributed by atoms with van der Waals surface area (Å²) in [5.74, 6) is 0.330. The van der Waals surface area contributed by atoms with E-state index in [0.717, 1.165) is 31.7 Å². The Morgan fingerprint density at radius 2 is 2.00 bits per heavy atom. The van der Waals surface area contributed by atoms with Gasteiger partial charge in [0.2, 0.25) is 11.1 Å². The number of likely N-dealkylation sites (tertiary alicyclic amines) is 1. The number of rotatable bonds is 7. The van der Waals surface area contributed by atoms with Crippen LogP contribution < -0.4 is 10.2 Å². The highest BCUT2D eigenvalue weighted by Gasteiger charge is 2.27. The van der Waals surface area contributed by atoms with Crippen LogP contribution in [-0.2, 0) is 11.3 Å². The molecule has 2 atom stereocenters. The van der Waals surface area contributed by atoms with Crippen molar-refractivity contribution in [3.63, 3.8) is 0 Å². The number of quaternary nitrogens is 1. The van der Waals surface area contributed by atoms with E-state index in [2.05, 4.69) is 45.1 Å². The van der Waals surface area contributed by atoms with Crippen molar-refractivity contribution in [1.29, 1.82) is 0 Å². The van der Waals surface area contributed by atoms with Gasteiger partial charge in [0.1, 0.15) is 6.54 Å². The SMILES string of the molecule is Cc1ccc(-n2nnnc2SCC(=O)N[C@@H]2CC[NH+](Cc3ccccc3)C2)cc1. The molecule has 1 aliphatic heterocycles. The van der Waals surface area contributed by atoms with Gasteiger partial charge in [0, 0.05) is 12.0 Å². The van der Waals surface area contributed by atoms with Crippen molar-refractivity contribution in [2.75, 3.05) is 18.8 Å². The summed E-state index contributed by atoms with van der Waals surface area (Å²) in [6.07, 6.45) is 1.01. The van der Waals surface area contributed by atoms with Crippen LogP contribution in [0.5, 0.6) is 0 Å². The Balaban J connectivity index is 1.26. The van der Waals surface area contributed by atoms with Gasteiger partial charge in [-0.25, -0.2) is 0 Å². The summed E-state index contributed by atoms with van der Waals surface area (Å²) >= 11 is 1.36. The fourth-order valence-corrected chi connectivity index (χ4v) is 4.32. The molecule has 1 amide bonds. The Bertz CT molecular complexity index is 943. The lowest BCUT2D eigenvalue weighted by Crippen LogP contribution is -3.09. The van der Waals surface area contributed by atoms with Gasteiger partial charge in [-0.15, -0.1) is 5.10 Å². The van der Waals surface area contributed by atoms with E-state index < -0.39 is 0 Å². The number of aryl methyl sites for hydroxylation is 1. The van der Waals surface area contributed by atoms with Crippen LogP contribution in [0.1, 0.15) is 17.5 Å². The summed E-state index contributed by atoms with van der Waals surface area (Å²) in [4.78, 5) is 13.9. The standard InChI is InChI=1S/C21H24N6OS/c1-16-7-9-19(10-8-16)27-21(23-24-25-27)29-15-20(28)22-18-11-12-26(14-18)13-17-5-3-2-4-6-17/h2-10,18H,11-15H2,1H3,(H,22,28)/p+1/t18-/m1/s1. The number of benzene rings is 2.